The van der Waals surface area contributed by atoms with Crippen molar-refractivity contribution in [2.24, 2.45) is 11.8 Å². The fourth-order valence-corrected chi connectivity index (χ4v) is 6.00. The van der Waals surface area contributed by atoms with Gasteiger partial charge in [0.15, 0.2) is 5.96 Å². The van der Waals surface area contributed by atoms with Crippen LogP contribution in [0.25, 0.3) is 0 Å². The van der Waals surface area contributed by atoms with Crippen molar-refractivity contribution in [1.82, 2.24) is 14.5 Å². The van der Waals surface area contributed by atoms with Crippen LogP contribution in [0.3, 0.4) is 0 Å². The number of carbonyl (C=O) groups excluding carboxylic acids is 1. The second-order valence-electron chi connectivity index (χ2n) is 9.08. The van der Waals surface area contributed by atoms with E-state index in [2.05, 4.69) is 19.2 Å². The first kappa shape index (κ1) is 22.6. The van der Waals surface area contributed by atoms with Crippen LogP contribution in [0.15, 0.2) is 24.3 Å². The van der Waals surface area contributed by atoms with E-state index in [1.165, 1.54) is 21.3 Å². The van der Waals surface area contributed by atoms with Crippen LogP contribution in [-0.2, 0) is 20.6 Å². The lowest BCUT2D eigenvalue weighted by Crippen LogP contribution is -2.46. The number of benzene rings is 1. The molecule has 0 aromatic heterocycles. The zero-order chi connectivity index (χ0) is 22.1. The summed E-state index contributed by atoms with van der Waals surface area (Å²) in [7, 11) is -3.44. The summed E-state index contributed by atoms with van der Waals surface area (Å²) in [4.78, 5) is 14.4. The molecular weight excluding hydrogens is 404 g/mol. The average Bonchev–Trinajstić information content (AvgIpc) is 2.86. The summed E-state index contributed by atoms with van der Waals surface area (Å²) in [5, 5.41) is 20.6. The highest BCUT2D eigenvalue weighted by Gasteiger charge is 2.46. The number of aromatic hydroxyl groups is 1. The number of nitrogens with zero attached hydrogens (tertiary/aromatic N) is 2. The van der Waals surface area contributed by atoms with E-state index in [-0.39, 0.29) is 29.3 Å². The lowest BCUT2D eigenvalue weighted by atomic mass is 9.90. The van der Waals surface area contributed by atoms with E-state index in [1.54, 1.807) is 12.1 Å². The van der Waals surface area contributed by atoms with Gasteiger partial charge in [0.1, 0.15) is 11.3 Å². The van der Waals surface area contributed by atoms with Crippen LogP contribution >= 0.6 is 0 Å². The molecule has 2 heterocycles. The highest BCUT2D eigenvalue weighted by Crippen LogP contribution is 2.28. The molecule has 0 saturated carbocycles. The minimum absolute atomic E-state index is 0.0661. The van der Waals surface area contributed by atoms with E-state index >= 15 is 0 Å². The summed E-state index contributed by atoms with van der Waals surface area (Å²) in [6, 6.07) is 6.21. The number of hydrogen-bond acceptors (Lipinski definition) is 5. The van der Waals surface area contributed by atoms with Crippen LogP contribution in [0.4, 0.5) is 0 Å². The first-order chi connectivity index (χ1) is 14.0. The number of amides is 1. The second-order valence-corrected chi connectivity index (χ2v) is 11.1. The molecule has 1 unspecified atom stereocenters. The molecule has 9 heteroatoms. The first-order valence-corrected chi connectivity index (χ1v) is 12.1. The molecule has 1 amide bonds. The van der Waals surface area contributed by atoms with Gasteiger partial charge in [-0.3, -0.25) is 15.1 Å². The Hall–Kier alpha value is -2.13. The number of hydrogen-bond donors (Lipinski definition) is 3. The van der Waals surface area contributed by atoms with Gasteiger partial charge in [-0.05, 0) is 55.7 Å². The molecule has 166 valence electrons. The van der Waals surface area contributed by atoms with E-state index in [1.807, 2.05) is 6.92 Å². The second kappa shape index (κ2) is 8.55. The van der Waals surface area contributed by atoms with E-state index in [4.69, 9.17) is 5.41 Å². The van der Waals surface area contributed by atoms with Crippen LogP contribution in [0, 0.1) is 17.2 Å². The van der Waals surface area contributed by atoms with Gasteiger partial charge < -0.3 is 10.4 Å². The maximum Gasteiger partial charge on any atom is 0.254 e. The van der Waals surface area contributed by atoms with Gasteiger partial charge in [-0.2, -0.15) is 0 Å². The fourth-order valence-electron chi connectivity index (χ4n) is 4.43. The summed E-state index contributed by atoms with van der Waals surface area (Å²) in [6.45, 7) is 7.24. The molecule has 0 radical (unpaired) electrons. The standard InChI is InChI=1S/C21H32N4O4S/c1-15(2)12-21(3)19(27)25(20(22)23-21)13-16-8-10-24(11-9-16)30(28,29)14-17-4-6-18(26)7-5-17/h4-7,15-16,26H,8-14H2,1-3H3,(H2,22,23). The largest absolute Gasteiger partial charge is 0.508 e. The van der Waals surface area contributed by atoms with Gasteiger partial charge in [0, 0.05) is 19.6 Å². The van der Waals surface area contributed by atoms with Gasteiger partial charge in [-0.25, -0.2) is 12.7 Å². The Morgan fingerprint density at radius 1 is 1.23 bits per heavy atom. The smallest absolute Gasteiger partial charge is 0.254 e. The Balaban J connectivity index is 1.56. The van der Waals surface area contributed by atoms with E-state index in [0.717, 1.165) is 0 Å². The molecule has 2 aliphatic heterocycles. The summed E-state index contributed by atoms with van der Waals surface area (Å²) >= 11 is 0. The molecule has 1 aromatic rings. The molecule has 2 saturated heterocycles. The number of carbonyl (C=O) groups is 1. The van der Waals surface area contributed by atoms with E-state index in [9.17, 15) is 18.3 Å². The number of nitrogens with one attached hydrogen (secondary N) is 2. The molecule has 8 nitrogen and oxygen atoms in total. The minimum atomic E-state index is -3.44. The third-order valence-electron chi connectivity index (χ3n) is 5.89. The molecule has 0 aliphatic carbocycles. The molecule has 3 N–H and O–H groups in total. The SMILES string of the molecule is CC(C)CC1(C)NC(=N)N(CC2CCN(S(=O)(=O)Cc3ccc(O)cc3)CC2)C1=O. The molecule has 2 aliphatic rings. The maximum absolute atomic E-state index is 12.9. The Morgan fingerprint density at radius 2 is 1.83 bits per heavy atom. The highest BCUT2D eigenvalue weighted by molar-refractivity contribution is 7.88. The van der Waals surface area contributed by atoms with Crippen molar-refractivity contribution >= 4 is 21.9 Å². The van der Waals surface area contributed by atoms with Gasteiger partial charge in [-0.15, -0.1) is 0 Å². The van der Waals surface area contributed by atoms with Crippen LogP contribution in [0.5, 0.6) is 5.75 Å². The summed E-state index contributed by atoms with van der Waals surface area (Å²) in [6.07, 6.45) is 1.98. The molecule has 1 atom stereocenters. The van der Waals surface area contributed by atoms with Crippen LogP contribution < -0.4 is 5.32 Å². The van der Waals surface area contributed by atoms with Crippen molar-refractivity contribution in [3.05, 3.63) is 29.8 Å². The molecular formula is C21H32N4O4S. The Morgan fingerprint density at radius 3 is 2.40 bits per heavy atom. The topological polar surface area (TPSA) is 114 Å². The summed E-state index contributed by atoms with van der Waals surface area (Å²) < 4.78 is 27.0. The molecule has 3 rings (SSSR count). The predicted octanol–water partition coefficient (Wildman–Crippen LogP) is 2.11. The maximum atomic E-state index is 12.9. The summed E-state index contributed by atoms with van der Waals surface area (Å²) in [5.41, 5.74) is -0.0964. The van der Waals surface area contributed by atoms with Crippen molar-refractivity contribution < 1.29 is 18.3 Å². The first-order valence-electron chi connectivity index (χ1n) is 10.4. The summed E-state index contributed by atoms with van der Waals surface area (Å²) in [5.74, 6) is 0.593. The third-order valence-corrected chi connectivity index (χ3v) is 7.74. The van der Waals surface area contributed by atoms with Crippen LogP contribution in [0.1, 0.15) is 45.6 Å². The van der Waals surface area contributed by atoms with Gasteiger partial charge in [0.25, 0.3) is 5.91 Å². The number of guanidine groups is 1. The van der Waals surface area contributed by atoms with Crippen molar-refractivity contribution in [2.75, 3.05) is 19.6 Å². The van der Waals surface area contributed by atoms with Gasteiger partial charge in [-0.1, -0.05) is 26.0 Å². The number of rotatable bonds is 7. The lowest BCUT2D eigenvalue weighted by molar-refractivity contribution is -0.131. The van der Waals surface area contributed by atoms with Gasteiger partial charge in [0.05, 0.1) is 5.75 Å². The number of phenols is 1. The molecule has 0 spiro atoms. The normalized spacial score (nSPS) is 23.9. The minimum Gasteiger partial charge on any atom is -0.508 e. The van der Waals surface area contributed by atoms with Crippen molar-refractivity contribution in [2.45, 2.75) is 51.3 Å². The predicted molar refractivity (Wildman–Crippen MR) is 115 cm³/mol. The number of phenolic OH excluding ortho intramolecular Hbond substituents is 1. The molecule has 1 aromatic carbocycles. The van der Waals surface area contributed by atoms with Crippen molar-refractivity contribution in [3.63, 3.8) is 0 Å². The number of piperidine rings is 1. The monoisotopic (exact) mass is 436 g/mol. The van der Waals surface area contributed by atoms with Gasteiger partial charge in [0.2, 0.25) is 10.0 Å². The zero-order valence-electron chi connectivity index (χ0n) is 17.9. The quantitative estimate of drug-likeness (QED) is 0.606. The lowest BCUT2D eigenvalue weighted by Gasteiger charge is -2.33. The van der Waals surface area contributed by atoms with E-state index < -0.39 is 15.6 Å². The van der Waals surface area contributed by atoms with Crippen LogP contribution in [0.2, 0.25) is 0 Å². The fraction of sp³-hybridized carbons (Fsp3) is 0.619. The van der Waals surface area contributed by atoms with E-state index in [0.29, 0.717) is 50.4 Å². The third kappa shape index (κ3) is 4.95. The molecule has 2 fully saturated rings. The molecule has 30 heavy (non-hydrogen) atoms. The Labute approximate surface area is 178 Å². The zero-order valence-corrected chi connectivity index (χ0v) is 18.7. The average molecular weight is 437 g/mol. The molecule has 0 bridgehead atoms. The highest BCUT2D eigenvalue weighted by atomic mass is 32.2. The van der Waals surface area contributed by atoms with Crippen molar-refractivity contribution in [1.29, 1.82) is 5.41 Å². The Bertz CT molecular complexity index is 892. The number of sulfonamides is 1. The van der Waals surface area contributed by atoms with Crippen molar-refractivity contribution in [3.8, 4) is 5.75 Å². The Kier molecular flexibility index (Phi) is 6.43. The van der Waals surface area contributed by atoms with Gasteiger partial charge >= 0.3 is 0 Å². The van der Waals surface area contributed by atoms with Crippen LogP contribution in [-0.4, -0.2) is 59.8 Å².